The van der Waals surface area contributed by atoms with Gasteiger partial charge in [0.1, 0.15) is 12.2 Å². The summed E-state index contributed by atoms with van der Waals surface area (Å²) >= 11 is 0. The summed E-state index contributed by atoms with van der Waals surface area (Å²) in [6.45, 7) is 19.3. The summed E-state index contributed by atoms with van der Waals surface area (Å²) in [6.07, 6.45) is 6.59. The number of ether oxygens (including phenoxy) is 4. The van der Waals surface area contributed by atoms with Crippen LogP contribution in [-0.2, 0) is 23.7 Å². The molecule has 0 aromatic carbocycles. The van der Waals surface area contributed by atoms with E-state index < -0.39 is 48.0 Å². The van der Waals surface area contributed by atoms with Crippen molar-refractivity contribution in [3.8, 4) is 0 Å². The van der Waals surface area contributed by atoms with E-state index in [2.05, 4.69) is 6.92 Å². The Bertz CT molecular complexity index is 1060. The maximum atomic E-state index is 13.4. The van der Waals surface area contributed by atoms with Crippen molar-refractivity contribution in [2.75, 3.05) is 14.2 Å². The average molecular weight is 621 g/mol. The van der Waals surface area contributed by atoms with Gasteiger partial charge in [-0.3, -0.25) is 0 Å². The Balaban J connectivity index is 2.50. The maximum Gasteiger partial charge on any atom is 0.334 e. The monoisotopic (exact) mass is 620 g/mol. The first-order valence-electron chi connectivity index (χ1n) is 16.2. The highest BCUT2D eigenvalue weighted by Crippen LogP contribution is 2.42. The second-order valence-electron chi connectivity index (χ2n) is 13.9. The number of hydrogen-bond donors (Lipinski definition) is 3. The molecule has 252 valence electrons. The number of cyclic esters (lactones) is 1. The van der Waals surface area contributed by atoms with E-state index in [9.17, 15) is 20.1 Å². The minimum absolute atomic E-state index is 0.0353. The number of aliphatic hydroxyl groups excluding tert-OH is 2. The Hall–Kier alpha value is -1.81. The van der Waals surface area contributed by atoms with Crippen molar-refractivity contribution in [1.29, 1.82) is 0 Å². The minimum Gasteiger partial charge on any atom is -0.456 e. The molecule has 2 aliphatic heterocycles. The van der Waals surface area contributed by atoms with Crippen molar-refractivity contribution in [2.24, 2.45) is 35.5 Å². The van der Waals surface area contributed by atoms with Gasteiger partial charge < -0.3 is 34.3 Å². The Morgan fingerprint density at radius 2 is 1.66 bits per heavy atom. The Labute approximate surface area is 266 Å². The van der Waals surface area contributed by atoms with Gasteiger partial charge in [-0.25, -0.2) is 4.79 Å². The van der Waals surface area contributed by atoms with Crippen LogP contribution in [0.4, 0.5) is 0 Å². The van der Waals surface area contributed by atoms with Gasteiger partial charge in [0.25, 0.3) is 0 Å². The van der Waals surface area contributed by atoms with Gasteiger partial charge in [0.15, 0.2) is 5.79 Å². The van der Waals surface area contributed by atoms with Gasteiger partial charge >= 0.3 is 5.97 Å². The Morgan fingerprint density at radius 1 is 1.02 bits per heavy atom. The highest BCUT2D eigenvalue weighted by molar-refractivity contribution is 5.88. The molecule has 0 spiro atoms. The predicted molar refractivity (Wildman–Crippen MR) is 174 cm³/mol. The van der Waals surface area contributed by atoms with Crippen LogP contribution < -0.4 is 0 Å². The lowest BCUT2D eigenvalue weighted by atomic mass is 9.76. The number of carbonyl (C=O) groups excluding carboxylic acids is 1. The lowest BCUT2D eigenvalue weighted by molar-refractivity contribution is -0.330. The fraction of sp³-hybridized carbons (Fsp3) is 0.750. The van der Waals surface area contributed by atoms with Crippen molar-refractivity contribution >= 4 is 5.97 Å². The molecular weight excluding hydrogens is 560 g/mol. The second kappa shape index (κ2) is 16.7. The van der Waals surface area contributed by atoms with E-state index in [-0.39, 0.29) is 42.3 Å². The van der Waals surface area contributed by atoms with E-state index in [0.29, 0.717) is 5.57 Å². The fourth-order valence-corrected chi connectivity index (χ4v) is 6.85. The molecule has 2 aliphatic rings. The average Bonchev–Trinajstić information content (AvgIpc) is 2.96. The fourth-order valence-electron chi connectivity index (χ4n) is 6.85. The molecule has 2 rings (SSSR count). The van der Waals surface area contributed by atoms with Gasteiger partial charge in [-0.05, 0) is 45.1 Å². The third kappa shape index (κ3) is 9.60. The van der Waals surface area contributed by atoms with Gasteiger partial charge in [0.05, 0.1) is 24.4 Å². The van der Waals surface area contributed by atoms with E-state index in [4.69, 9.17) is 18.9 Å². The summed E-state index contributed by atoms with van der Waals surface area (Å²) in [5.41, 5.74) is 2.32. The van der Waals surface area contributed by atoms with Crippen LogP contribution in [0.3, 0.4) is 0 Å². The third-order valence-corrected chi connectivity index (χ3v) is 9.76. The molecule has 0 saturated carbocycles. The van der Waals surface area contributed by atoms with E-state index in [1.54, 1.807) is 34.0 Å². The molecule has 0 unspecified atom stereocenters. The summed E-state index contributed by atoms with van der Waals surface area (Å²) in [6, 6.07) is 0. The molecule has 0 amide bonds. The zero-order valence-electron chi connectivity index (χ0n) is 29.1. The van der Waals surface area contributed by atoms with Crippen molar-refractivity contribution in [3.63, 3.8) is 0 Å². The normalized spacial score (nSPS) is 41.3. The molecule has 1 saturated heterocycles. The third-order valence-electron chi connectivity index (χ3n) is 9.76. The molecule has 0 aromatic rings. The topological polar surface area (TPSA) is 115 Å². The molecule has 0 radical (unpaired) electrons. The number of allylic oxidation sites excluding steroid dienone is 5. The van der Waals surface area contributed by atoms with Crippen molar-refractivity contribution in [2.45, 2.75) is 124 Å². The van der Waals surface area contributed by atoms with E-state index in [1.165, 1.54) is 7.11 Å². The first kappa shape index (κ1) is 38.4. The number of esters is 1. The Morgan fingerprint density at radius 3 is 2.23 bits per heavy atom. The zero-order chi connectivity index (χ0) is 33.5. The summed E-state index contributed by atoms with van der Waals surface area (Å²) in [5.74, 6) is -3.43. The van der Waals surface area contributed by atoms with E-state index in [1.807, 2.05) is 65.8 Å². The van der Waals surface area contributed by atoms with Crippen LogP contribution in [0.15, 0.2) is 47.1 Å². The molecule has 0 aromatic heterocycles. The molecular formula is C36H60O8. The molecule has 8 nitrogen and oxygen atoms in total. The Kier molecular flexibility index (Phi) is 14.5. The van der Waals surface area contributed by atoms with Crippen LogP contribution in [0.5, 0.6) is 0 Å². The standard InChI is InChI=1S/C36H60O8/c1-20(2)33-26(8)30(42-12)19-36(40,44-33)28(10)32(38)27(9)34-29(41-11)15-13-14-21(3)16-23(5)31(37)24(6)17-22(4)18-25(7)35(39)43-34/h13-15,17-18,20,23-24,26-34,37-38,40H,16,19H2,1-12H3/b15-13-,21-14+,22-17+,25-18+/t23-,24+,26-,27-,28-,29-,30+,31-,32+,33+,34+,36+/m0/s1. The van der Waals surface area contributed by atoms with Gasteiger partial charge in [0.2, 0.25) is 0 Å². The number of methoxy groups -OCH3 is 2. The minimum atomic E-state index is -1.65. The van der Waals surface area contributed by atoms with Gasteiger partial charge in [-0.2, -0.15) is 0 Å². The van der Waals surface area contributed by atoms with Gasteiger partial charge in [0, 0.05) is 49.9 Å². The molecule has 1 fully saturated rings. The van der Waals surface area contributed by atoms with Crippen LogP contribution in [0, 0.1) is 35.5 Å². The second-order valence-corrected chi connectivity index (χ2v) is 13.9. The molecule has 12 atom stereocenters. The summed E-state index contributed by atoms with van der Waals surface area (Å²) in [4.78, 5) is 13.4. The molecule has 3 N–H and O–H groups in total. The number of carbonyl (C=O) groups is 1. The molecule has 44 heavy (non-hydrogen) atoms. The van der Waals surface area contributed by atoms with Crippen molar-refractivity contribution in [1.82, 2.24) is 0 Å². The highest BCUT2D eigenvalue weighted by Gasteiger charge is 2.52. The zero-order valence-corrected chi connectivity index (χ0v) is 29.1. The van der Waals surface area contributed by atoms with Crippen LogP contribution >= 0.6 is 0 Å². The lowest BCUT2D eigenvalue weighted by Gasteiger charge is -2.50. The first-order valence-corrected chi connectivity index (χ1v) is 16.2. The number of rotatable bonds is 7. The molecule has 0 aliphatic carbocycles. The van der Waals surface area contributed by atoms with Gasteiger partial charge in [-0.1, -0.05) is 83.9 Å². The predicted octanol–water partition coefficient (Wildman–Crippen LogP) is 5.76. The quantitative estimate of drug-likeness (QED) is 0.308. The highest BCUT2D eigenvalue weighted by atomic mass is 16.6. The SMILES string of the molecule is CO[C@H]1/C=C\C=C(/C)C[C@H](C)[C@H](O)[C@H](C)/C=C(C)/C=C(\C)C(=O)O[C@@H]1[C@@H](C)[C@@H](O)[C@H](C)[C@@]1(O)C[C@@H](OC)[C@H](C)[C@@H](C(C)C)O1. The van der Waals surface area contributed by atoms with Crippen LogP contribution in [0.2, 0.25) is 0 Å². The van der Waals surface area contributed by atoms with Crippen LogP contribution in [0.25, 0.3) is 0 Å². The summed E-state index contributed by atoms with van der Waals surface area (Å²) in [7, 11) is 3.17. The van der Waals surface area contributed by atoms with Crippen molar-refractivity contribution < 1.29 is 39.1 Å². The smallest absolute Gasteiger partial charge is 0.334 e. The van der Waals surface area contributed by atoms with Crippen molar-refractivity contribution in [3.05, 3.63) is 47.1 Å². The lowest BCUT2D eigenvalue weighted by Crippen LogP contribution is -2.59. The number of aliphatic hydroxyl groups is 3. The number of hydrogen-bond acceptors (Lipinski definition) is 8. The molecule has 8 heteroatoms. The largest absolute Gasteiger partial charge is 0.456 e. The first-order chi connectivity index (χ1) is 20.5. The summed E-state index contributed by atoms with van der Waals surface area (Å²) < 4.78 is 24.0. The molecule has 0 bridgehead atoms. The summed E-state index contributed by atoms with van der Waals surface area (Å²) in [5, 5.41) is 34.5. The van der Waals surface area contributed by atoms with Crippen LogP contribution in [-0.4, -0.2) is 77.9 Å². The van der Waals surface area contributed by atoms with Crippen LogP contribution in [0.1, 0.15) is 82.1 Å². The molecule has 2 heterocycles. The van der Waals surface area contributed by atoms with E-state index >= 15 is 0 Å². The maximum absolute atomic E-state index is 13.4. The van der Waals surface area contributed by atoms with Gasteiger partial charge in [-0.15, -0.1) is 0 Å². The van der Waals surface area contributed by atoms with E-state index in [0.717, 1.165) is 17.6 Å².